The third kappa shape index (κ3) is 1.86. The highest BCUT2D eigenvalue weighted by Crippen LogP contribution is 2.38. The van der Waals surface area contributed by atoms with Gasteiger partial charge in [-0.3, -0.25) is 0 Å². The van der Waals surface area contributed by atoms with E-state index in [4.69, 9.17) is 15.5 Å². The quantitative estimate of drug-likeness (QED) is 0.887. The summed E-state index contributed by atoms with van der Waals surface area (Å²) in [4.78, 5) is 4.76. The highest BCUT2D eigenvalue weighted by Gasteiger charge is 2.36. The van der Waals surface area contributed by atoms with Crippen LogP contribution in [0.1, 0.15) is 17.8 Å². The van der Waals surface area contributed by atoms with Gasteiger partial charge in [0, 0.05) is 25.2 Å². The van der Waals surface area contributed by atoms with Crippen molar-refractivity contribution in [2.45, 2.75) is 18.3 Å². The Morgan fingerprint density at radius 2 is 2.06 bits per heavy atom. The molecule has 0 spiro atoms. The Bertz CT molecular complexity index is 484. The molecular weight excluding hydrogens is 232 g/mol. The molecule has 1 fully saturated rings. The van der Waals surface area contributed by atoms with Crippen molar-refractivity contribution in [1.82, 2.24) is 4.98 Å². The molecule has 0 radical (unpaired) electrons. The zero-order valence-electron chi connectivity index (χ0n) is 9.69. The van der Waals surface area contributed by atoms with E-state index in [1.807, 2.05) is 6.07 Å². The predicted molar refractivity (Wildman–Crippen MR) is 70.4 cm³/mol. The zero-order chi connectivity index (χ0) is 11.7. The van der Waals surface area contributed by atoms with Crippen molar-refractivity contribution in [2.75, 3.05) is 19.8 Å². The van der Waals surface area contributed by atoms with E-state index in [1.165, 1.54) is 9.71 Å². The zero-order valence-corrected chi connectivity index (χ0v) is 10.5. The number of hydrogen-bond donors (Lipinski definition) is 1. The Hall–Kier alpha value is -0.970. The summed E-state index contributed by atoms with van der Waals surface area (Å²) in [5.74, 6) is 0. The number of thiazole rings is 1. The smallest absolute Gasteiger partial charge is 0.101 e. The number of hydrogen-bond acceptors (Lipinski definition) is 4. The van der Waals surface area contributed by atoms with Crippen LogP contribution in [0.25, 0.3) is 10.2 Å². The molecule has 2 heterocycles. The molecule has 4 heteroatoms. The number of nitrogens with zero attached hydrogens (tertiary/aromatic N) is 1. The van der Waals surface area contributed by atoms with Crippen LogP contribution in [0.5, 0.6) is 0 Å². The van der Waals surface area contributed by atoms with Gasteiger partial charge in [-0.1, -0.05) is 12.1 Å². The molecule has 2 aromatic rings. The lowest BCUT2D eigenvalue weighted by molar-refractivity contribution is 0.0529. The second kappa shape index (κ2) is 4.37. The largest absolute Gasteiger partial charge is 0.381 e. The molecule has 2 N–H and O–H groups in total. The molecule has 1 aliphatic heterocycles. The van der Waals surface area contributed by atoms with Gasteiger partial charge in [-0.05, 0) is 25.0 Å². The summed E-state index contributed by atoms with van der Waals surface area (Å²) in [5.41, 5.74) is 7.14. The van der Waals surface area contributed by atoms with Crippen LogP contribution >= 0.6 is 11.3 Å². The van der Waals surface area contributed by atoms with Gasteiger partial charge in [0.1, 0.15) is 5.01 Å². The van der Waals surface area contributed by atoms with Crippen LogP contribution in [0.15, 0.2) is 24.3 Å². The molecule has 3 rings (SSSR count). The van der Waals surface area contributed by atoms with E-state index in [-0.39, 0.29) is 5.41 Å². The Kier molecular flexibility index (Phi) is 2.86. The third-order valence-electron chi connectivity index (χ3n) is 3.59. The van der Waals surface area contributed by atoms with Crippen molar-refractivity contribution < 1.29 is 4.74 Å². The van der Waals surface area contributed by atoms with Crippen LogP contribution in [-0.4, -0.2) is 24.7 Å². The van der Waals surface area contributed by atoms with Crippen molar-refractivity contribution >= 4 is 21.6 Å². The average molecular weight is 248 g/mol. The lowest BCUT2D eigenvalue weighted by Gasteiger charge is -2.34. The second-order valence-corrected chi connectivity index (χ2v) is 5.61. The van der Waals surface area contributed by atoms with Gasteiger partial charge in [-0.25, -0.2) is 4.98 Å². The summed E-state index contributed by atoms with van der Waals surface area (Å²) in [6.07, 6.45) is 1.98. The number of fused-ring (bicyclic) bond motifs is 1. The molecule has 0 unspecified atom stereocenters. The highest BCUT2D eigenvalue weighted by molar-refractivity contribution is 7.18. The van der Waals surface area contributed by atoms with Crippen molar-refractivity contribution in [3.05, 3.63) is 29.3 Å². The van der Waals surface area contributed by atoms with Crippen molar-refractivity contribution in [2.24, 2.45) is 5.73 Å². The first-order chi connectivity index (χ1) is 8.34. The molecule has 0 amide bonds. The summed E-state index contributed by atoms with van der Waals surface area (Å²) in [7, 11) is 0. The summed E-state index contributed by atoms with van der Waals surface area (Å²) >= 11 is 1.78. The number of para-hydroxylation sites is 1. The van der Waals surface area contributed by atoms with E-state index in [9.17, 15) is 0 Å². The minimum atomic E-state index is 0.0436. The van der Waals surface area contributed by atoms with Gasteiger partial charge < -0.3 is 10.5 Å². The molecule has 0 saturated carbocycles. The van der Waals surface area contributed by atoms with Gasteiger partial charge >= 0.3 is 0 Å². The minimum Gasteiger partial charge on any atom is -0.381 e. The van der Waals surface area contributed by atoms with E-state index >= 15 is 0 Å². The van der Waals surface area contributed by atoms with Gasteiger partial charge in [0.25, 0.3) is 0 Å². The van der Waals surface area contributed by atoms with Gasteiger partial charge in [-0.15, -0.1) is 11.3 Å². The molecule has 0 aliphatic carbocycles. The summed E-state index contributed by atoms with van der Waals surface area (Å²) in [5, 5.41) is 1.18. The monoisotopic (exact) mass is 248 g/mol. The minimum absolute atomic E-state index is 0.0436. The van der Waals surface area contributed by atoms with Crippen molar-refractivity contribution in [3.8, 4) is 0 Å². The van der Waals surface area contributed by atoms with E-state index in [0.29, 0.717) is 6.54 Å². The molecule has 90 valence electrons. The predicted octanol–water partition coefficient (Wildman–Crippen LogP) is 2.30. The fourth-order valence-electron chi connectivity index (χ4n) is 2.37. The molecule has 1 aromatic heterocycles. The summed E-state index contributed by atoms with van der Waals surface area (Å²) < 4.78 is 6.70. The first kappa shape index (κ1) is 11.1. The van der Waals surface area contributed by atoms with Crippen LogP contribution < -0.4 is 5.73 Å². The van der Waals surface area contributed by atoms with Crippen molar-refractivity contribution in [3.63, 3.8) is 0 Å². The van der Waals surface area contributed by atoms with Crippen LogP contribution in [0.2, 0.25) is 0 Å². The summed E-state index contributed by atoms with van der Waals surface area (Å²) in [6, 6.07) is 8.28. The van der Waals surface area contributed by atoms with Gasteiger partial charge in [0.05, 0.1) is 10.2 Å². The van der Waals surface area contributed by atoms with Crippen molar-refractivity contribution in [1.29, 1.82) is 0 Å². The van der Waals surface area contributed by atoms with Gasteiger partial charge in [0.15, 0.2) is 0 Å². The Labute approximate surface area is 105 Å². The first-order valence-corrected chi connectivity index (χ1v) is 6.80. The molecule has 0 bridgehead atoms. The molecule has 1 aromatic carbocycles. The van der Waals surface area contributed by atoms with Crippen LogP contribution in [0.3, 0.4) is 0 Å². The Morgan fingerprint density at radius 3 is 2.76 bits per heavy atom. The van der Waals surface area contributed by atoms with E-state index in [2.05, 4.69) is 18.2 Å². The SMILES string of the molecule is NCC1(c2nc3ccccc3s2)CCOCC1. The topological polar surface area (TPSA) is 48.1 Å². The molecule has 1 saturated heterocycles. The fraction of sp³-hybridized carbons (Fsp3) is 0.462. The Balaban J connectivity index is 2.05. The Morgan fingerprint density at radius 1 is 1.29 bits per heavy atom. The number of ether oxygens (including phenoxy) is 1. The molecule has 17 heavy (non-hydrogen) atoms. The number of rotatable bonds is 2. The van der Waals surface area contributed by atoms with Crippen LogP contribution in [0.4, 0.5) is 0 Å². The normalized spacial score (nSPS) is 19.6. The highest BCUT2D eigenvalue weighted by atomic mass is 32.1. The average Bonchev–Trinajstić information content (AvgIpc) is 2.84. The van der Waals surface area contributed by atoms with Gasteiger partial charge in [0.2, 0.25) is 0 Å². The molecule has 0 atom stereocenters. The molecule has 3 nitrogen and oxygen atoms in total. The number of nitrogens with two attached hydrogens (primary N) is 1. The third-order valence-corrected chi connectivity index (χ3v) is 4.87. The van der Waals surface area contributed by atoms with Crippen LogP contribution in [-0.2, 0) is 10.2 Å². The number of aromatic nitrogens is 1. The second-order valence-electron chi connectivity index (χ2n) is 4.58. The molecule has 1 aliphatic rings. The lowest BCUT2D eigenvalue weighted by atomic mass is 9.81. The van der Waals surface area contributed by atoms with E-state index < -0.39 is 0 Å². The van der Waals surface area contributed by atoms with Crippen LogP contribution in [0, 0.1) is 0 Å². The maximum atomic E-state index is 6.00. The standard InChI is InChI=1S/C13H16N2OS/c14-9-13(5-7-16-8-6-13)12-15-10-3-1-2-4-11(10)17-12/h1-4H,5-9,14H2. The lowest BCUT2D eigenvalue weighted by Crippen LogP contribution is -2.40. The summed E-state index contributed by atoms with van der Waals surface area (Å²) in [6.45, 7) is 2.26. The van der Waals surface area contributed by atoms with Gasteiger partial charge in [-0.2, -0.15) is 0 Å². The fourth-order valence-corrected chi connectivity index (χ4v) is 3.59. The van der Waals surface area contributed by atoms with E-state index in [1.54, 1.807) is 11.3 Å². The first-order valence-electron chi connectivity index (χ1n) is 5.98. The van der Waals surface area contributed by atoms with E-state index in [0.717, 1.165) is 31.6 Å². The maximum absolute atomic E-state index is 6.00. The molecular formula is C13H16N2OS. The maximum Gasteiger partial charge on any atom is 0.101 e. The number of benzene rings is 1.